The first kappa shape index (κ1) is 9.48. The van der Waals surface area contributed by atoms with Crippen LogP contribution in [0.25, 0.3) is 0 Å². The molecule has 0 unspecified atom stereocenters. The van der Waals surface area contributed by atoms with E-state index in [1.54, 1.807) is 6.07 Å². The van der Waals surface area contributed by atoms with Crippen molar-refractivity contribution in [3.63, 3.8) is 0 Å². The molecule has 76 valence electrons. The topological polar surface area (TPSA) is 67.1 Å². The minimum absolute atomic E-state index is 0.208. The maximum absolute atomic E-state index is 5.78. The van der Waals surface area contributed by atoms with E-state index in [-0.39, 0.29) is 5.95 Å². The molecular formula is C8H12ClN5. The molecule has 3 N–H and O–H groups in total. The number of aromatic nitrogens is 2. The molecule has 2 heterocycles. The Balaban J connectivity index is 2.21. The first-order valence-corrected chi connectivity index (χ1v) is 4.94. The maximum Gasteiger partial charge on any atom is 0.223 e. The lowest BCUT2D eigenvalue weighted by Crippen LogP contribution is -2.43. The molecule has 0 amide bonds. The van der Waals surface area contributed by atoms with Gasteiger partial charge in [-0.25, -0.2) is 10.4 Å². The van der Waals surface area contributed by atoms with Crippen molar-refractivity contribution < 1.29 is 0 Å². The Bertz CT molecular complexity index is 303. The van der Waals surface area contributed by atoms with Crippen LogP contribution in [0.3, 0.4) is 0 Å². The number of rotatable bonds is 1. The molecule has 1 aromatic rings. The van der Waals surface area contributed by atoms with Gasteiger partial charge in [-0.1, -0.05) is 11.6 Å². The molecule has 1 aromatic heterocycles. The summed E-state index contributed by atoms with van der Waals surface area (Å²) in [5.74, 6) is 0.946. The summed E-state index contributed by atoms with van der Waals surface area (Å²) in [6, 6.07) is 1.70. The number of hydrazine groups is 1. The summed E-state index contributed by atoms with van der Waals surface area (Å²) in [4.78, 5) is 7.91. The van der Waals surface area contributed by atoms with E-state index in [1.165, 1.54) is 6.42 Å². The zero-order valence-electron chi connectivity index (χ0n) is 7.70. The Hall–Kier alpha value is -1.07. The van der Waals surface area contributed by atoms with Gasteiger partial charge in [-0.15, -0.1) is 0 Å². The predicted molar refractivity (Wildman–Crippen MR) is 56.0 cm³/mol. The van der Waals surface area contributed by atoms with Crippen molar-refractivity contribution in [2.45, 2.75) is 12.8 Å². The van der Waals surface area contributed by atoms with Crippen LogP contribution in [-0.4, -0.2) is 23.1 Å². The Labute approximate surface area is 87.2 Å². The average molecular weight is 214 g/mol. The van der Waals surface area contributed by atoms with Crippen molar-refractivity contribution in [2.75, 3.05) is 23.8 Å². The van der Waals surface area contributed by atoms with Crippen LogP contribution in [0, 0.1) is 0 Å². The molecule has 0 bridgehead atoms. The lowest BCUT2D eigenvalue weighted by atomic mass is 10.2. The quantitative estimate of drug-likeness (QED) is 0.676. The van der Waals surface area contributed by atoms with Crippen LogP contribution in [-0.2, 0) is 0 Å². The zero-order valence-corrected chi connectivity index (χ0v) is 8.46. The maximum atomic E-state index is 5.78. The van der Waals surface area contributed by atoms with Gasteiger partial charge >= 0.3 is 0 Å². The highest BCUT2D eigenvalue weighted by Gasteiger charge is 2.12. The van der Waals surface area contributed by atoms with Crippen molar-refractivity contribution in [2.24, 2.45) is 0 Å². The van der Waals surface area contributed by atoms with Crippen molar-refractivity contribution >= 4 is 23.4 Å². The summed E-state index contributed by atoms with van der Waals surface area (Å²) in [7, 11) is 0. The first-order chi connectivity index (χ1) is 6.75. The highest BCUT2D eigenvalue weighted by atomic mass is 35.5. The second-order valence-electron chi connectivity index (χ2n) is 3.17. The summed E-state index contributed by atoms with van der Waals surface area (Å²) in [6.07, 6.45) is 2.33. The lowest BCUT2D eigenvalue weighted by Gasteiger charge is -2.28. The molecule has 6 heteroatoms. The van der Waals surface area contributed by atoms with Crippen LogP contribution >= 0.6 is 11.6 Å². The number of nitrogens with one attached hydrogen (secondary N) is 1. The fourth-order valence-corrected chi connectivity index (χ4v) is 1.63. The Morgan fingerprint density at radius 1 is 1.43 bits per heavy atom. The summed E-state index contributed by atoms with van der Waals surface area (Å²) in [5, 5.41) is 2.33. The molecular weight excluding hydrogens is 202 g/mol. The van der Waals surface area contributed by atoms with Crippen LogP contribution in [0.2, 0.25) is 5.15 Å². The third-order valence-corrected chi connectivity index (χ3v) is 2.28. The van der Waals surface area contributed by atoms with Gasteiger partial charge in [-0.3, -0.25) is 5.01 Å². The summed E-state index contributed by atoms with van der Waals surface area (Å²) in [6.45, 7) is 1.88. The van der Waals surface area contributed by atoms with Crippen molar-refractivity contribution in [1.29, 1.82) is 0 Å². The Kier molecular flexibility index (Phi) is 2.69. The second kappa shape index (κ2) is 3.98. The summed E-state index contributed by atoms with van der Waals surface area (Å²) < 4.78 is 0. The van der Waals surface area contributed by atoms with Crippen LogP contribution in [0.1, 0.15) is 12.8 Å². The minimum Gasteiger partial charge on any atom is -0.368 e. The second-order valence-corrected chi connectivity index (χ2v) is 3.56. The lowest BCUT2D eigenvalue weighted by molar-refractivity contribution is 0.507. The van der Waals surface area contributed by atoms with Gasteiger partial charge < -0.3 is 5.73 Å². The standard InChI is InChI=1S/C8H12ClN5/c9-6-5-7(13-8(10)12-6)14-4-2-1-3-11-14/h5,11H,1-4H2,(H2,10,12,13). The molecule has 0 radical (unpaired) electrons. The van der Waals surface area contributed by atoms with Crippen LogP contribution in [0.4, 0.5) is 11.8 Å². The molecule has 1 fully saturated rings. The van der Waals surface area contributed by atoms with E-state index >= 15 is 0 Å². The van der Waals surface area contributed by atoms with E-state index in [2.05, 4.69) is 15.4 Å². The van der Waals surface area contributed by atoms with Crippen LogP contribution in [0.15, 0.2) is 6.07 Å². The molecule has 1 aliphatic rings. The van der Waals surface area contributed by atoms with E-state index < -0.39 is 0 Å². The van der Waals surface area contributed by atoms with Gasteiger partial charge in [-0.05, 0) is 12.8 Å². The minimum atomic E-state index is 0.208. The van der Waals surface area contributed by atoms with E-state index in [0.29, 0.717) is 5.15 Å². The van der Waals surface area contributed by atoms with E-state index in [4.69, 9.17) is 17.3 Å². The molecule has 1 saturated heterocycles. The van der Waals surface area contributed by atoms with Gasteiger partial charge in [0.25, 0.3) is 0 Å². The van der Waals surface area contributed by atoms with Crippen molar-refractivity contribution in [3.05, 3.63) is 11.2 Å². The smallest absolute Gasteiger partial charge is 0.223 e. The van der Waals surface area contributed by atoms with Gasteiger partial charge in [0, 0.05) is 19.2 Å². The Morgan fingerprint density at radius 2 is 2.29 bits per heavy atom. The third-order valence-electron chi connectivity index (χ3n) is 2.09. The molecule has 14 heavy (non-hydrogen) atoms. The first-order valence-electron chi connectivity index (χ1n) is 4.57. The van der Waals surface area contributed by atoms with Gasteiger partial charge in [-0.2, -0.15) is 4.98 Å². The van der Waals surface area contributed by atoms with Gasteiger partial charge in [0.05, 0.1) is 0 Å². The molecule has 0 aromatic carbocycles. The molecule has 0 aliphatic carbocycles. The SMILES string of the molecule is Nc1nc(Cl)cc(N2CCCCN2)n1. The van der Waals surface area contributed by atoms with Crippen LogP contribution < -0.4 is 16.2 Å². The third kappa shape index (κ3) is 2.05. The fraction of sp³-hybridized carbons (Fsp3) is 0.500. The molecule has 5 nitrogen and oxygen atoms in total. The Morgan fingerprint density at radius 3 is 2.93 bits per heavy atom. The van der Waals surface area contributed by atoms with Gasteiger partial charge in [0.2, 0.25) is 5.95 Å². The highest BCUT2D eigenvalue weighted by Crippen LogP contribution is 2.17. The van der Waals surface area contributed by atoms with Gasteiger partial charge in [0.15, 0.2) is 0 Å². The molecule has 1 aliphatic heterocycles. The molecule has 0 atom stereocenters. The normalized spacial score (nSPS) is 17.1. The van der Waals surface area contributed by atoms with E-state index in [0.717, 1.165) is 25.3 Å². The average Bonchev–Trinajstić information content (AvgIpc) is 2.18. The number of anilines is 2. The van der Waals surface area contributed by atoms with E-state index in [1.807, 2.05) is 5.01 Å². The largest absolute Gasteiger partial charge is 0.368 e. The predicted octanol–water partition coefficient (Wildman–Crippen LogP) is 0.817. The molecule has 2 rings (SSSR count). The highest BCUT2D eigenvalue weighted by molar-refractivity contribution is 6.29. The zero-order chi connectivity index (χ0) is 9.97. The molecule has 0 spiro atoms. The van der Waals surface area contributed by atoms with Crippen molar-refractivity contribution in [3.8, 4) is 0 Å². The van der Waals surface area contributed by atoms with Crippen LogP contribution in [0.5, 0.6) is 0 Å². The number of nitrogens with zero attached hydrogens (tertiary/aromatic N) is 3. The number of hydrogen-bond acceptors (Lipinski definition) is 5. The summed E-state index contributed by atoms with van der Waals surface area (Å²) in [5.41, 5.74) is 8.72. The number of nitrogen functional groups attached to an aromatic ring is 1. The van der Waals surface area contributed by atoms with E-state index in [9.17, 15) is 0 Å². The number of halogens is 1. The van der Waals surface area contributed by atoms with Crippen molar-refractivity contribution in [1.82, 2.24) is 15.4 Å². The number of nitrogens with two attached hydrogens (primary N) is 1. The number of hydrogen-bond donors (Lipinski definition) is 2. The monoisotopic (exact) mass is 213 g/mol. The molecule has 0 saturated carbocycles. The fourth-order valence-electron chi connectivity index (χ4n) is 1.44. The summed E-state index contributed by atoms with van der Waals surface area (Å²) >= 11 is 5.78. The van der Waals surface area contributed by atoms with Gasteiger partial charge in [0.1, 0.15) is 11.0 Å².